The predicted molar refractivity (Wildman–Crippen MR) is 77.4 cm³/mol. The fourth-order valence-electron chi connectivity index (χ4n) is 1.41. The van der Waals surface area contributed by atoms with E-state index < -0.39 is 0 Å². The first kappa shape index (κ1) is 16.0. The number of halogens is 2. The summed E-state index contributed by atoms with van der Waals surface area (Å²) < 4.78 is 5.46. The van der Waals surface area contributed by atoms with E-state index in [-0.39, 0.29) is 11.9 Å². The maximum Gasteiger partial charge on any atom is 0.305 e. The van der Waals surface area contributed by atoms with Crippen LogP contribution in [-0.4, -0.2) is 25.0 Å². The van der Waals surface area contributed by atoms with E-state index in [0.717, 1.165) is 0 Å². The number of carbonyl (C=O) groups excluding carboxylic acids is 2. The van der Waals surface area contributed by atoms with Crippen LogP contribution in [0.5, 0.6) is 0 Å². The molecule has 1 N–H and O–H groups in total. The molecule has 6 heteroatoms. The van der Waals surface area contributed by atoms with Crippen LogP contribution < -0.4 is 5.32 Å². The van der Waals surface area contributed by atoms with Crippen LogP contribution in [0.15, 0.2) is 22.7 Å². The second-order valence-electron chi connectivity index (χ2n) is 3.79. The van der Waals surface area contributed by atoms with Gasteiger partial charge < -0.3 is 10.1 Å². The van der Waals surface area contributed by atoms with Crippen molar-refractivity contribution in [2.75, 3.05) is 13.2 Å². The minimum absolute atomic E-state index is 0.193. The summed E-state index contributed by atoms with van der Waals surface area (Å²) in [5.74, 6) is -0.438. The summed E-state index contributed by atoms with van der Waals surface area (Å²) >= 11 is 9.11. The van der Waals surface area contributed by atoms with Crippen LogP contribution in [0.25, 0.3) is 0 Å². The quantitative estimate of drug-likeness (QED) is 0.634. The minimum atomic E-state index is -0.244. The first-order chi connectivity index (χ1) is 9.04. The third kappa shape index (κ3) is 5.61. The van der Waals surface area contributed by atoms with Gasteiger partial charge in [0, 0.05) is 23.0 Å². The van der Waals surface area contributed by atoms with Gasteiger partial charge in [-0.2, -0.15) is 0 Å². The molecule has 0 aromatic heterocycles. The Kier molecular flexibility index (Phi) is 6.87. The SMILES string of the molecule is CCOC(=O)CCCNC(=O)c1ccc(Cl)c(Br)c1. The Balaban J connectivity index is 2.35. The van der Waals surface area contributed by atoms with Crippen molar-refractivity contribution in [3.63, 3.8) is 0 Å². The summed E-state index contributed by atoms with van der Waals surface area (Å²) in [6.45, 7) is 2.57. The van der Waals surface area contributed by atoms with Gasteiger partial charge in [-0.05, 0) is 47.5 Å². The lowest BCUT2D eigenvalue weighted by Gasteiger charge is -2.06. The van der Waals surface area contributed by atoms with Crippen molar-refractivity contribution in [1.82, 2.24) is 5.32 Å². The minimum Gasteiger partial charge on any atom is -0.466 e. The summed E-state index contributed by atoms with van der Waals surface area (Å²) in [4.78, 5) is 22.9. The fourth-order valence-corrected chi connectivity index (χ4v) is 1.90. The lowest BCUT2D eigenvalue weighted by Crippen LogP contribution is -2.25. The monoisotopic (exact) mass is 347 g/mol. The highest BCUT2D eigenvalue weighted by atomic mass is 79.9. The number of carbonyl (C=O) groups is 2. The highest BCUT2D eigenvalue weighted by Crippen LogP contribution is 2.23. The second-order valence-corrected chi connectivity index (χ2v) is 5.05. The number of esters is 1. The van der Waals surface area contributed by atoms with Gasteiger partial charge in [-0.15, -0.1) is 0 Å². The average Bonchev–Trinajstić information content (AvgIpc) is 2.38. The van der Waals surface area contributed by atoms with Crippen LogP contribution in [0.3, 0.4) is 0 Å². The zero-order valence-corrected chi connectivity index (χ0v) is 12.9. The van der Waals surface area contributed by atoms with Gasteiger partial charge in [-0.1, -0.05) is 11.6 Å². The summed E-state index contributed by atoms with van der Waals surface area (Å²) in [6, 6.07) is 4.95. The number of ether oxygens (including phenoxy) is 1. The van der Waals surface area contributed by atoms with E-state index >= 15 is 0 Å². The van der Waals surface area contributed by atoms with Crippen LogP contribution in [0.4, 0.5) is 0 Å². The molecule has 1 aromatic rings. The van der Waals surface area contributed by atoms with Gasteiger partial charge in [0.25, 0.3) is 5.91 Å². The maximum atomic E-state index is 11.8. The largest absolute Gasteiger partial charge is 0.466 e. The fraction of sp³-hybridized carbons (Fsp3) is 0.385. The van der Waals surface area contributed by atoms with E-state index in [4.69, 9.17) is 16.3 Å². The van der Waals surface area contributed by atoms with Gasteiger partial charge in [0.2, 0.25) is 0 Å². The predicted octanol–water partition coefficient (Wildman–Crippen LogP) is 3.18. The van der Waals surface area contributed by atoms with Crippen LogP contribution in [0.1, 0.15) is 30.1 Å². The Morgan fingerprint density at radius 2 is 2.16 bits per heavy atom. The average molecular weight is 349 g/mol. The number of amides is 1. The van der Waals surface area contributed by atoms with Crippen LogP contribution in [0, 0.1) is 0 Å². The molecule has 0 aliphatic carbocycles. The molecule has 0 spiro atoms. The Labute approximate surface area is 125 Å². The topological polar surface area (TPSA) is 55.4 Å². The van der Waals surface area contributed by atoms with Crippen molar-refractivity contribution in [2.24, 2.45) is 0 Å². The summed E-state index contributed by atoms with van der Waals surface area (Å²) in [5, 5.41) is 3.29. The first-order valence-electron chi connectivity index (χ1n) is 5.93. The normalized spacial score (nSPS) is 10.1. The molecule has 1 amide bonds. The molecule has 0 unspecified atom stereocenters. The second kappa shape index (κ2) is 8.17. The third-order valence-electron chi connectivity index (χ3n) is 2.33. The van der Waals surface area contributed by atoms with E-state index in [1.807, 2.05) is 0 Å². The Morgan fingerprint density at radius 1 is 1.42 bits per heavy atom. The Hall–Kier alpha value is -1.07. The zero-order valence-electron chi connectivity index (χ0n) is 10.5. The lowest BCUT2D eigenvalue weighted by molar-refractivity contribution is -0.143. The summed E-state index contributed by atoms with van der Waals surface area (Å²) in [6.07, 6.45) is 0.859. The van der Waals surface area contributed by atoms with E-state index in [1.54, 1.807) is 25.1 Å². The van der Waals surface area contributed by atoms with E-state index in [9.17, 15) is 9.59 Å². The molecule has 0 fully saturated rings. The molecular weight excluding hydrogens is 334 g/mol. The molecule has 0 saturated carbocycles. The van der Waals surface area contributed by atoms with Gasteiger partial charge in [-0.3, -0.25) is 9.59 Å². The Bertz CT molecular complexity index is 465. The molecule has 19 heavy (non-hydrogen) atoms. The number of rotatable bonds is 6. The Morgan fingerprint density at radius 3 is 2.79 bits per heavy atom. The number of nitrogens with one attached hydrogen (secondary N) is 1. The molecule has 0 radical (unpaired) electrons. The molecular formula is C13H15BrClNO3. The van der Waals surface area contributed by atoms with Gasteiger partial charge in [0.15, 0.2) is 0 Å². The molecule has 1 aromatic carbocycles. The van der Waals surface area contributed by atoms with E-state index in [0.29, 0.717) is 41.1 Å². The molecule has 0 bridgehead atoms. The van der Waals surface area contributed by atoms with Crippen LogP contribution >= 0.6 is 27.5 Å². The molecule has 4 nitrogen and oxygen atoms in total. The van der Waals surface area contributed by atoms with Gasteiger partial charge in [0.05, 0.1) is 11.6 Å². The summed E-state index contributed by atoms with van der Waals surface area (Å²) in [5.41, 5.74) is 0.521. The highest BCUT2D eigenvalue weighted by molar-refractivity contribution is 9.10. The standard InChI is InChI=1S/C13H15BrClNO3/c1-2-19-12(17)4-3-7-16-13(18)9-5-6-11(15)10(14)8-9/h5-6,8H,2-4,7H2,1H3,(H,16,18). The van der Waals surface area contributed by atoms with Crippen LogP contribution in [0.2, 0.25) is 5.02 Å². The van der Waals surface area contributed by atoms with Gasteiger partial charge in [0.1, 0.15) is 0 Å². The van der Waals surface area contributed by atoms with Crippen molar-refractivity contribution in [3.8, 4) is 0 Å². The first-order valence-corrected chi connectivity index (χ1v) is 7.10. The number of benzene rings is 1. The molecule has 0 heterocycles. The molecule has 0 atom stereocenters. The summed E-state index contributed by atoms with van der Waals surface area (Å²) in [7, 11) is 0. The molecule has 0 saturated heterocycles. The molecule has 0 aliphatic heterocycles. The van der Waals surface area contributed by atoms with Crippen molar-refractivity contribution in [2.45, 2.75) is 19.8 Å². The van der Waals surface area contributed by atoms with Gasteiger partial charge >= 0.3 is 5.97 Å². The van der Waals surface area contributed by atoms with Crippen molar-refractivity contribution >= 4 is 39.4 Å². The third-order valence-corrected chi connectivity index (χ3v) is 3.54. The smallest absolute Gasteiger partial charge is 0.305 e. The molecule has 1 rings (SSSR count). The maximum absolute atomic E-state index is 11.8. The number of hydrogen-bond acceptors (Lipinski definition) is 3. The molecule has 0 aliphatic rings. The van der Waals surface area contributed by atoms with Crippen molar-refractivity contribution < 1.29 is 14.3 Å². The lowest BCUT2D eigenvalue weighted by atomic mass is 10.2. The van der Waals surface area contributed by atoms with Gasteiger partial charge in [-0.25, -0.2) is 0 Å². The van der Waals surface area contributed by atoms with Crippen LogP contribution in [-0.2, 0) is 9.53 Å². The zero-order chi connectivity index (χ0) is 14.3. The highest BCUT2D eigenvalue weighted by Gasteiger charge is 2.08. The van der Waals surface area contributed by atoms with E-state index in [2.05, 4.69) is 21.2 Å². The number of hydrogen-bond donors (Lipinski definition) is 1. The molecule has 104 valence electrons. The van der Waals surface area contributed by atoms with Crippen molar-refractivity contribution in [1.29, 1.82) is 0 Å². The van der Waals surface area contributed by atoms with E-state index in [1.165, 1.54) is 0 Å². The van der Waals surface area contributed by atoms with Crippen molar-refractivity contribution in [3.05, 3.63) is 33.3 Å².